The number of hydrogen-bond acceptors (Lipinski definition) is 2. The van der Waals surface area contributed by atoms with Gasteiger partial charge in [0.2, 0.25) is 0 Å². The smallest absolute Gasteiger partial charge is 0.253 e. The first-order valence-electron chi connectivity index (χ1n) is 6.86. The molecule has 3 nitrogen and oxygen atoms in total. The van der Waals surface area contributed by atoms with E-state index in [4.69, 9.17) is 5.73 Å². The largest absolute Gasteiger partial charge is 0.338 e. The van der Waals surface area contributed by atoms with Gasteiger partial charge in [-0.25, -0.2) is 4.39 Å². The molecule has 1 aromatic rings. The topological polar surface area (TPSA) is 46.3 Å². The van der Waals surface area contributed by atoms with Crippen LogP contribution < -0.4 is 5.73 Å². The summed E-state index contributed by atoms with van der Waals surface area (Å²) in [6, 6.07) is 4.73. The highest BCUT2D eigenvalue weighted by Gasteiger charge is 2.42. The van der Waals surface area contributed by atoms with Gasteiger partial charge >= 0.3 is 0 Å². The number of carbonyl (C=O) groups excluding carboxylic acids is 1. The highest BCUT2D eigenvalue weighted by Crippen LogP contribution is 2.37. The molecular formula is C15H20ClFN2O. The van der Waals surface area contributed by atoms with Crippen molar-refractivity contribution in [3.63, 3.8) is 0 Å². The lowest BCUT2D eigenvalue weighted by molar-refractivity contribution is 0.0779. The Bertz CT molecular complexity index is 502. The molecule has 1 saturated heterocycles. The minimum atomic E-state index is -0.348. The summed E-state index contributed by atoms with van der Waals surface area (Å²) in [6.07, 6.45) is 2.17. The van der Waals surface area contributed by atoms with Crippen LogP contribution in [0.2, 0.25) is 0 Å². The third-order valence-corrected chi connectivity index (χ3v) is 4.49. The average molecular weight is 299 g/mol. The van der Waals surface area contributed by atoms with E-state index in [0.717, 1.165) is 31.5 Å². The predicted molar refractivity (Wildman–Crippen MR) is 78.5 cm³/mol. The summed E-state index contributed by atoms with van der Waals surface area (Å²) >= 11 is 0. The molecule has 20 heavy (non-hydrogen) atoms. The summed E-state index contributed by atoms with van der Waals surface area (Å²) < 4.78 is 13.4. The van der Waals surface area contributed by atoms with E-state index < -0.39 is 0 Å². The Morgan fingerprint density at radius 3 is 2.70 bits per heavy atom. The fourth-order valence-corrected chi connectivity index (χ4v) is 3.52. The van der Waals surface area contributed by atoms with Gasteiger partial charge in [0.15, 0.2) is 0 Å². The van der Waals surface area contributed by atoms with Crippen LogP contribution >= 0.6 is 12.4 Å². The molecule has 1 aliphatic heterocycles. The van der Waals surface area contributed by atoms with Crippen molar-refractivity contribution in [2.45, 2.75) is 25.8 Å². The number of amides is 1. The predicted octanol–water partition coefficient (Wildman–Crippen LogP) is 2.37. The average Bonchev–Trinajstić information content (AvgIpc) is 2.90. The van der Waals surface area contributed by atoms with Crippen molar-refractivity contribution in [2.24, 2.45) is 17.6 Å². The minimum Gasteiger partial charge on any atom is -0.338 e. The van der Waals surface area contributed by atoms with Crippen molar-refractivity contribution in [2.75, 3.05) is 13.1 Å². The molecule has 3 unspecified atom stereocenters. The molecule has 2 aliphatic rings. The maximum Gasteiger partial charge on any atom is 0.253 e. The van der Waals surface area contributed by atoms with Gasteiger partial charge in [-0.1, -0.05) is 0 Å². The molecule has 0 aromatic heterocycles. The number of nitrogens with two attached hydrogens (primary N) is 1. The van der Waals surface area contributed by atoms with Gasteiger partial charge in [-0.3, -0.25) is 4.79 Å². The molecule has 1 amide bonds. The van der Waals surface area contributed by atoms with E-state index in [1.165, 1.54) is 12.1 Å². The van der Waals surface area contributed by atoms with E-state index in [-0.39, 0.29) is 30.2 Å². The molecule has 0 bridgehead atoms. The van der Waals surface area contributed by atoms with E-state index in [1.54, 1.807) is 13.0 Å². The fourth-order valence-electron chi connectivity index (χ4n) is 3.52. The first kappa shape index (κ1) is 15.3. The third kappa shape index (κ3) is 2.67. The Balaban J connectivity index is 0.00000147. The number of fused-ring (bicyclic) bond motifs is 1. The van der Waals surface area contributed by atoms with Crippen LogP contribution in [0.1, 0.15) is 28.8 Å². The van der Waals surface area contributed by atoms with Crippen LogP contribution in [0.15, 0.2) is 18.2 Å². The van der Waals surface area contributed by atoms with Crippen LogP contribution in [0.3, 0.4) is 0 Å². The van der Waals surface area contributed by atoms with Crippen molar-refractivity contribution in [1.29, 1.82) is 0 Å². The van der Waals surface area contributed by atoms with Crippen molar-refractivity contribution >= 4 is 18.3 Å². The molecule has 0 spiro atoms. The summed E-state index contributed by atoms with van der Waals surface area (Å²) in [5, 5.41) is 0. The minimum absolute atomic E-state index is 0. The van der Waals surface area contributed by atoms with Gasteiger partial charge < -0.3 is 10.6 Å². The molecule has 2 fully saturated rings. The molecule has 110 valence electrons. The van der Waals surface area contributed by atoms with Crippen LogP contribution in [-0.2, 0) is 0 Å². The zero-order valence-corrected chi connectivity index (χ0v) is 12.3. The number of aryl methyl sites for hydroxylation is 1. The standard InChI is InChI=1S/C15H19FN2O.ClH/c1-9-4-11(6-12(16)5-9)15(19)18-7-10-2-3-14(17)13(10)8-18;/h4-6,10,13-14H,2-3,7-8,17H2,1H3;1H. The molecule has 1 aliphatic carbocycles. The number of hydrogen-bond donors (Lipinski definition) is 1. The first-order chi connectivity index (χ1) is 9.04. The quantitative estimate of drug-likeness (QED) is 0.865. The zero-order chi connectivity index (χ0) is 13.6. The number of halogens is 2. The van der Waals surface area contributed by atoms with Crippen molar-refractivity contribution in [3.8, 4) is 0 Å². The van der Waals surface area contributed by atoms with E-state index in [2.05, 4.69) is 0 Å². The number of nitrogens with zero attached hydrogens (tertiary/aromatic N) is 1. The summed E-state index contributed by atoms with van der Waals surface area (Å²) in [4.78, 5) is 14.2. The van der Waals surface area contributed by atoms with Gasteiger partial charge in [0, 0.05) is 24.7 Å². The van der Waals surface area contributed by atoms with Crippen LogP contribution in [0, 0.1) is 24.6 Å². The van der Waals surface area contributed by atoms with Crippen molar-refractivity contribution < 1.29 is 9.18 Å². The summed E-state index contributed by atoms with van der Waals surface area (Å²) in [6.45, 7) is 3.29. The summed E-state index contributed by atoms with van der Waals surface area (Å²) in [7, 11) is 0. The lowest BCUT2D eigenvalue weighted by Gasteiger charge is -2.19. The van der Waals surface area contributed by atoms with Crippen LogP contribution in [0.4, 0.5) is 4.39 Å². The molecule has 2 N–H and O–H groups in total. The molecule has 3 atom stereocenters. The van der Waals surface area contributed by atoms with Crippen molar-refractivity contribution in [3.05, 3.63) is 35.1 Å². The van der Waals surface area contributed by atoms with Gasteiger partial charge in [-0.2, -0.15) is 0 Å². The Labute approximate surface area is 124 Å². The highest BCUT2D eigenvalue weighted by atomic mass is 35.5. The fraction of sp³-hybridized carbons (Fsp3) is 0.533. The molecule has 3 rings (SSSR count). The summed E-state index contributed by atoms with van der Waals surface area (Å²) in [5.74, 6) is 0.552. The molecule has 0 radical (unpaired) electrons. The van der Waals surface area contributed by atoms with Crippen LogP contribution in [0.5, 0.6) is 0 Å². The van der Waals surface area contributed by atoms with E-state index >= 15 is 0 Å². The number of carbonyl (C=O) groups is 1. The number of likely N-dealkylation sites (tertiary alicyclic amines) is 1. The Kier molecular flexibility index (Phi) is 4.35. The van der Waals surface area contributed by atoms with E-state index in [0.29, 0.717) is 17.4 Å². The zero-order valence-electron chi connectivity index (χ0n) is 11.5. The Morgan fingerprint density at radius 2 is 2.05 bits per heavy atom. The van der Waals surface area contributed by atoms with Gasteiger partial charge in [-0.15, -0.1) is 12.4 Å². The van der Waals surface area contributed by atoms with E-state index in [1.807, 2.05) is 4.90 Å². The lowest BCUT2D eigenvalue weighted by Crippen LogP contribution is -2.33. The third-order valence-electron chi connectivity index (χ3n) is 4.49. The molecular weight excluding hydrogens is 279 g/mol. The Hall–Kier alpha value is -1.13. The first-order valence-corrected chi connectivity index (χ1v) is 6.86. The second kappa shape index (κ2) is 5.70. The van der Waals surface area contributed by atoms with Crippen LogP contribution in [0.25, 0.3) is 0 Å². The second-order valence-corrected chi connectivity index (χ2v) is 5.89. The Morgan fingerprint density at radius 1 is 1.30 bits per heavy atom. The van der Waals surface area contributed by atoms with Gasteiger partial charge in [0.1, 0.15) is 5.82 Å². The lowest BCUT2D eigenvalue weighted by atomic mass is 9.98. The van der Waals surface area contributed by atoms with Gasteiger partial charge in [-0.05, 0) is 55.4 Å². The molecule has 1 saturated carbocycles. The van der Waals surface area contributed by atoms with E-state index in [9.17, 15) is 9.18 Å². The maximum absolute atomic E-state index is 13.4. The SMILES string of the molecule is Cc1cc(F)cc(C(=O)N2CC3CCC(N)C3C2)c1.Cl. The van der Waals surface area contributed by atoms with Crippen LogP contribution in [-0.4, -0.2) is 29.9 Å². The van der Waals surface area contributed by atoms with Gasteiger partial charge in [0.05, 0.1) is 0 Å². The summed E-state index contributed by atoms with van der Waals surface area (Å²) in [5.41, 5.74) is 7.30. The monoisotopic (exact) mass is 298 g/mol. The maximum atomic E-state index is 13.4. The van der Waals surface area contributed by atoms with Crippen molar-refractivity contribution in [1.82, 2.24) is 4.90 Å². The molecule has 1 heterocycles. The number of benzene rings is 1. The highest BCUT2D eigenvalue weighted by molar-refractivity contribution is 5.94. The molecule has 5 heteroatoms. The second-order valence-electron chi connectivity index (χ2n) is 5.89. The van der Waals surface area contributed by atoms with Gasteiger partial charge in [0.25, 0.3) is 5.91 Å². The number of rotatable bonds is 1. The molecule has 1 aromatic carbocycles. The normalized spacial score (nSPS) is 28.1.